The SMILES string of the molecule is C=CCN(Cc1ccncc1)C(=O)[C@H]1CC[C@@H](N)C1.Cl.Cl. The lowest BCUT2D eigenvalue weighted by Crippen LogP contribution is -2.35. The Morgan fingerprint density at radius 1 is 1.38 bits per heavy atom. The summed E-state index contributed by atoms with van der Waals surface area (Å²) >= 11 is 0. The van der Waals surface area contributed by atoms with Gasteiger partial charge in [-0.05, 0) is 37.0 Å². The second-order valence-corrected chi connectivity index (χ2v) is 5.13. The molecule has 1 aliphatic carbocycles. The fourth-order valence-electron chi connectivity index (χ4n) is 2.60. The van der Waals surface area contributed by atoms with Crippen LogP contribution in [0.1, 0.15) is 24.8 Å². The molecule has 6 heteroatoms. The molecule has 0 saturated heterocycles. The molecule has 118 valence electrons. The maximum atomic E-state index is 12.5. The third-order valence-corrected chi connectivity index (χ3v) is 3.61. The van der Waals surface area contributed by atoms with Gasteiger partial charge in [0.1, 0.15) is 0 Å². The minimum Gasteiger partial charge on any atom is -0.334 e. The van der Waals surface area contributed by atoms with E-state index in [0.717, 1.165) is 24.8 Å². The Kier molecular flexibility index (Phi) is 9.26. The minimum atomic E-state index is 0. The summed E-state index contributed by atoms with van der Waals surface area (Å²) in [5.41, 5.74) is 6.98. The molecule has 21 heavy (non-hydrogen) atoms. The molecule has 1 amide bonds. The van der Waals surface area contributed by atoms with Crippen molar-refractivity contribution in [2.24, 2.45) is 11.7 Å². The summed E-state index contributed by atoms with van der Waals surface area (Å²) in [4.78, 5) is 18.3. The highest BCUT2D eigenvalue weighted by Crippen LogP contribution is 2.26. The van der Waals surface area contributed by atoms with Crippen LogP contribution in [-0.2, 0) is 11.3 Å². The molecule has 4 nitrogen and oxygen atoms in total. The van der Waals surface area contributed by atoms with E-state index in [-0.39, 0.29) is 42.7 Å². The molecule has 1 fully saturated rings. The lowest BCUT2D eigenvalue weighted by Gasteiger charge is -2.24. The first-order valence-electron chi connectivity index (χ1n) is 6.75. The summed E-state index contributed by atoms with van der Waals surface area (Å²) in [6.07, 6.45) is 7.93. The number of rotatable bonds is 5. The van der Waals surface area contributed by atoms with Crippen molar-refractivity contribution in [3.05, 3.63) is 42.7 Å². The first-order chi connectivity index (χ1) is 9.20. The zero-order valence-electron chi connectivity index (χ0n) is 12.0. The molecule has 2 atom stereocenters. The summed E-state index contributed by atoms with van der Waals surface area (Å²) in [5.74, 6) is 0.279. The Balaban J connectivity index is 0.00000200. The van der Waals surface area contributed by atoms with Gasteiger partial charge in [0.05, 0.1) is 0 Å². The van der Waals surface area contributed by atoms with E-state index in [1.54, 1.807) is 18.5 Å². The monoisotopic (exact) mass is 331 g/mol. The molecule has 1 heterocycles. The average molecular weight is 332 g/mol. The molecular weight excluding hydrogens is 309 g/mol. The molecule has 0 aliphatic heterocycles. The zero-order chi connectivity index (χ0) is 13.7. The quantitative estimate of drug-likeness (QED) is 0.843. The lowest BCUT2D eigenvalue weighted by molar-refractivity contribution is -0.135. The molecule has 0 spiro atoms. The molecule has 1 aromatic rings. The van der Waals surface area contributed by atoms with Crippen molar-refractivity contribution >= 4 is 30.7 Å². The van der Waals surface area contributed by atoms with Gasteiger partial charge in [-0.25, -0.2) is 0 Å². The first kappa shape index (κ1) is 19.9. The number of nitrogens with two attached hydrogens (primary N) is 1. The number of carbonyl (C=O) groups excluding carboxylic acids is 1. The predicted octanol–water partition coefficient (Wildman–Crippen LogP) is 2.57. The van der Waals surface area contributed by atoms with E-state index in [1.165, 1.54) is 0 Å². The van der Waals surface area contributed by atoms with E-state index in [2.05, 4.69) is 11.6 Å². The van der Waals surface area contributed by atoms with E-state index in [4.69, 9.17) is 5.73 Å². The highest BCUT2D eigenvalue weighted by Gasteiger charge is 2.30. The Labute approximate surface area is 138 Å². The zero-order valence-corrected chi connectivity index (χ0v) is 13.6. The summed E-state index contributed by atoms with van der Waals surface area (Å²) < 4.78 is 0. The second-order valence-electron chi connectivity index (χ2n) is 5.13. The maximum Gasteiger partial charge on any atom is 0.226 e. The largest absolute Gasteiger partial charge is 0.334 e. The van der Waals surface area contributed by atoms with Crippen LogP contribution in [0.2, 0.25) is 0 Å². The molecule has 2 rings (SSSR count). The third-order valence-electron chi connectivity index (χ3n) is 3.61. The van der Waals surface area contributed by atoms with E-state index in [1.807, 2.05) is 17.0 Å². The topological polar surface area (TPSA) is 59.2 Å². The highest BCUT2D eigenvalue weighted by molar-refractivity contribution is 5.85. The van der Waals surface area contributed by atoms with Crippen molar-refractivity contribution in [1.82, 2.24) is 9.88 Å². The Morgan fingerprint density at radius 3 is 2.57 bits per heavy atom. The fraction of sp³-hybridized carbons (Fsp3) is 0.467. The van der Waals surface area contributed by atoms with E-state index < -0.39 is 0 Å². The van der Waals surface area contributed by atoms with Gasteiger partial charge in [0.25, 0.3) is 0 Å². The van der Waals surface area contributed by atoms with Crippen molar-refractivity contribution in [2.45, 2.75) is 31.8 Å². The number of pyridine rings is 1. The van der Waals surface area contributed by atoms with Gasteiger partial charge in [-0.3, -0.25) is 9.78 Å². The minimum absolute atomic E-state index is 0. The molecular formula is C15H23Cl2N3O. The van der Waals surface area contributed by atoms with Gasteiger partial charge >= 0.3 is 0 Å². The van der Waals surface area contributed by atoms with Crippen molar-refractivity contribution in [2.75, 3.05) is 6.54 Å². The van der Waals surface area contributed by atoms with Crippen molar-refractivity contribution in [1.29, 1.82) is 0 Å². The molecule has 0 bridgehead atoms. The highest BCUT2D eigenvalue weighted by atomic mass is 35.5. The van der Waals surface area contributed by atoms with Crippen LogP contribution in [0.25, 0.3) is 0 Å². The number of hydrogen-bond acceptors (Lipinski definition) is 3. The average Bonchev–Trinajstić information content (AvgIpc) is 2.85. The first-order valence-corrected chi connectivity index (χ1v) is 6.75. The van der Waals surface area contributed by atoms with Gasteiger partial charge in [-0.1, -0.05) is 6.08 Å². The number of halogens is 2. The van der Waals surface area contributed by atoms with E-state index in [0.29, 0.717) is 13.1 Å². The molecule has 2 N–H and O–H groups in total. The van der Waals surface area contributed by atoms with Crippen molar-refractivity contribution in [3.63, 3.8) is 0 Å². The number of hydrogen-bond donors (Lipinski definition) is 1. The third kappa shape index (κ3) is 5.65. The second kappa shape index (κ2) is 9.77. The maximum absolute atomic E-state index is 12.5. The summed E-state index contributed by atoms with van der Waals surface area (Å²) in [7, 11) is 0. The molecule has 0 unspecified atom stereocenters. The van der Waals surface area contributed by atoms with Gasteiger partial charge in [0.2, 0.25) is 5.91 Å². The van der Waals surface area contributed by atoms with Crippen LogP contribution in [0.4, 0.5) is 0 Å². The van der Waals surface area contributed by atoms with Crippen LogP contribution in [0, 0.1) is 5.92 Å². The van der Waals surface area contributed by atoms with Crippen LogP contribution < -0.4 is 5.73 Å². The predicted molar refractivity (Wildman–Crippen MR) is 89.7 cm³/mol. The number of amides is 1. The van der Waals surface area contributed by atoms with Crippen LogP contribution in [0.15, 0.2) is 37.2 Å². The lowest BCUT2D eigenvalue weighted by atomic mass is 10.1. The van der Waals surface area contributed by atoms with E-state index in [9.17, 15) is 4.79 Å². The number of aromatic nitrogens is 1. The van der Waals surface area contributed by atoms with Gasteiger partial charge in [0, 0.05) is 37.4 Å². The molecule has 0 radical (unpaired) electrons. The van der Waals surface area contributed by atoms with Gasteiger partial charge in [-0.2, -0.15) is 0 Å². The van der Waals surface area contributed by atoms with Crippen LogP contribution in [0.3, 0.4) is 0 Å². The van der Waals surface area contributed by atoms with Crippen LogP contribution >= 0.6 is 24.8 Å². The number of nitrogens with zero attached hydrogens (tertiary/aromatic N) is 2. The van der Waals surface area contributed by atoms with Gasteiger partial charge in [-0.15, -0.1) is 31.4 Å². The molecule has 0 aromatic carbocycles. The van der Waals surface area contributed by atoms with Gasteiger partial charge < -0.3 is 10.6 Å². The number of carbonyl (C=O) groups is 1. The normalized spacial score (nSPS) is 20.0. The smallest absolute Gasteiger partial charge is 0.226 e. The van der Waals surface area contributed by atoms with E-state index >= 15 is 0 Å². The van der Waals surface area contributed by atoms with Crippen molar-refractivity contribution in [3.8, 4) is 0 Å². The van der Waals surface area contributed by atoms with Crippen LogP contribution in [-0.4, -0.2) is 28.4 Å². The standard InChI is InChI=1S/C15H21N3O.2ClH/c1-2-9-18(11-12-5-7-17-8-6-12)15(19)13-3-4-14(16)10-13;;/h2,5-8,13-14H,1,3-4,9-11,16H2;2*1H/t13-,14+;;/m0../s1. The fourth-order valence-corrected chi connectivity index (χ4v) is 2.60. The Bertz CT molecular complexity index is 442. The molecule has 1 aromatic heterocycles. The molecule has 1 aliphatic rings. The Hall–Kier alpha value is -1.10. The summed E-state index contributed by atoms with van der Waals surface area (Å²) in [5, 5.41) is 0. The van der Waals surface area contributed by atoms with Crippen molar-refractivity contribution < 1.29 is 4.79 Å². The summed E-state index contributed by atoms with van der Waals surface area (Å²) in [6.45, 7) is 4.92. The van der Waals surface area contributed by atoms with Gasteiger partial charge in [0.15, 0.2) is 0 Å². The van der Waals surface area contributed by atoms with Crippen LogP contribution in [0.5, 0.6) is 0 Å². The Morgan fingerprint density at radius 2 is 2.05 bits per heavy atom. The molecule has 1 saturated carbocycles. The summed E-state index contributed by atoms with van der Waals surface area (Å²) in [6, 6.07) is 4.05.